The molecule has 21 heavy (non-hydrogen) atoms. The first-order chi connectivity index (χ1) is 9.86. The van der Waals surface area contributed by atoms with E-state index in [9.17, 15) is 9.59 Å². The summed E-state index contributed by atoms with van der Waals surface area (Å²) in [6, 6.07) is 4.29. The zero-order valence-corrected chi connectivity index (χ0v) is 12.7. The minimum atomic E-state index is -1.72. The number of benzene rings is 1. The maximum Gasteiger partial charge on any atom is 0.489 e. The van der Waals surface area contributed by atoms with E-state index in [-0.39, 0.29) is 16.9 Å². The zero-order chi connectivity index (χ0) is 16.0. The molecule has 1 aromatic rings. The van der Waals surface area contributed by atoms with E-state index in [1.54, 1.807) is 11.9 Å². The number of carbonyl (C=O) groups is 2. The summed E-state index contributed by atoms with van der Waals surface area (Å²) in [4.78, 5) is 24.8. The van der Waals surface area contributed by atoms with Crippen molar-refractivity contribution in [3.8, 4) is 0 Å². The molecular weight excluding hydrogens is 269 g/mol. The van der Waals surface area contributed by atoms with Crippen LogP contribution in [-0.4, -0.2) is 47.9 Å². The van der Waals surface area contributed by atoms with Crippen LogP contribution in [0.4, 0.5) is 0 Å². The van der Waals surface area contributed by atoms with Gasteiger partial charge in [0.25, 0.3) is 5.91 Å². The molecule has 1 aromatic carbocycles. The van der Waals surface area contributed by atoms with E-state index in [2.05, 4.69) is 13.8 Å². The van der Waals surface area contributed by atoms with Gasteiger partial charge in [0.2, 0.25) is 0 Å². The fourth-order valence-electron chi connectivity index (χ4n) is 2.10. The Morgan fingerprint density at radius 1 is 1.38 bits per heavy atom. The Kier molecular flexibility index (Phi) is 6.59. The van der Waals surface area contributed by atoms with Gasteiger partial charge in [0.05, 0.1) is 0 Å². The van der Waals surface area contributed by atoms with E-state index < -0.39 is 7.12 Å². The van der Waals surface area contributed by atoms with E-state index in [0.717, 1.165) is 12.8 Å². The largest absolute Gasteiger partial charge is 0.489 e. The summed E-state index contributed by atoms with van der Waals surface area (Å²) in [5, 5.41) is 18.3. The van der Waals surface area contributed by atoms with Crippen molar-refractivity contribution in [2.24, 2.45) is 5.92 Å². The molecule has 0 saturated carbocycles. The van der Waals surface area contributed by atoms with E-state index in [1.165, 1.54) is 18.2 Å². The number of hydrogen-bond acceptors (Lipinski definition) is 4. The quantitative estimate of drug-likeness (QED) is 0.572. The highest BCUT2D eigenvalue weighted by Crippen LogP contribution is 2.09. The van der Waals surface area contributed by atoms with Crippen LogP contribution in [0.5, 0.6) is 0 Å². The lowest BCUT2D eigenvalue weighted by Gasteiger charge is -2.18. The molecule has 0 heterocycles. The SMILES string of the molecule is CC(C)CCCN(C)C(=O)c1ccc(B(O)O)c(C=O)c1. The highest BCUT2D eigenvalue weighted by molar-refractivity contribution is 6.60. The molecule has 0 aliphatic carbocycles. The van der Waals surface area contributed by atoms with Crippen LogP contribution in [0.2, 0.25) is 0 Å². The van der Waals surface area contributed by atoms with Gasteiger partial charge in [0.1, 0.15) is 6.29 Å². The molecule has 0 radical (unpaired) electrons. The zero-order valence-electron chi connectivity index (χ0n) is 12.7. The van der Waals surface area contributed by atoms with Crippen molar-refractivity contribution < 1.29 is 19.6 Å². The molecule has 0 aliphatic rings. The van der Waals surface area contributed by atoms with Gasteiger partial charge in [-0.25, -0.2) is 0 Å². The van der Waals surface area contributed by atoms with Crippen molar-refractivity contribution in [2.45, 2.75) is 26.7 Å². The predicted molar refractivity (Wildman–Crippen MR) is 82.7 cm³/mol. The monoisotopic (exact) mass is 291 g/mol. The highest BCUT2D eigenvalue weighted by Gasteiger charge is 2.19. The predicted octanol–water partition coefficient (Wildman–Crippen LogP) is 0.687. The van der Waals surface area contributed by atoms with E-state index >= 15 is 0 Å². The minimum absolute atomic E-state index is 0.101. The average molecular weight is 291 g/mol. The Morgan fingerprint density at radius 2 is 2.05 bits per heavy atom. The summed E-state index contributed by atoms with van der Waals surface area (Å²) in [5.74, 6) is 0.418. The first kappa shape index (κ1) is 17.4. The van der Waals surface area contributed by atoms with Crippen molar-refractivity contribution in [2.75, 3.05) is 13.6 Å². The van der Waals surface area contributed by atoms with Gasteiger partial charge in [-0.2, -0.15) is 0 Å². The third-order valence-corrected chi connectivity index (χ3v) is 3.36. The van der Waals surface area contributed by atoms with Crippen molar-refractivity contribution in [3.05, 3.63) is 29.3 Å². The molecule has 0 aliphatic heterocycles. The summed E-state index contributed by atoms with van der Waals surface area (Å²) < 4.78 is 0. The number of rotatable bonds is 7. The van der Waals surface area contributed by atoms with Gasteiger partial charge in [-0.3, -0.25) is 9.59 Å². The fourth-order valence-corrected chi connectivity index (χ4v) is 2.10. The first-order valence-electron chi connectivity index (χ1n) is 7.07. The van der Waals surface area contributed by atoms with Crippen LogP contribution in [0, 0.1) is 5.92 Å². The average Bonchev–Trinajstić information content (AvgIpc) is 2.45. The summed E-state index contributed by atoms with van der Waals surface area (Å²) in [7, 11) is -0.00368. The number of nitrogens with zero attached hydrogens (tertiary/aromatic N) is 1. The molecule has 0 saturated heterocycles. The van der Waals surface area contributed by atoms with Gasteiger partial charge in [-0.1, -0.05) is 19.9 Å². The molecule has 1 rings (SSSR count). The van der Waals surface area contributed by atoms with Gasteiger partial charge in [0.15, 0.2) is 0 Å². The summed E-state index contributed by atoms with van der Waals surface area (Å²) in [6.45, 7) is 4.92. The first-order valence-corrected chi connectivity index (χ1v) is 7.07. The van der Waals surface area contributed by atoms with Crippen LogP contribution in [0.1, 0.15) is 47.4 Å². The van der Waals surface area contributed by atoms with E-state index in [4.69, 9.17) is 10.0 Å². The van der Waals surface area contributed by atoms with Gasteiger partial charge >= 0.3 is 7.12 Å². The topological polar surface area (TPSA) is 77.8 Å². The Hall–Kier alpha value is -1.66. The summed E-state index contributed by atoms with van der Waals surface area (Å²) in [6.07, 6.45) is 2.49. The highest BCUT2D eigenvalue weighted by atomic mass is 16.4. The smallest absolute Gasteiger partial charge is 0.423 e. The van der Waals surface area contributed by atoms with Crippen molar-refractivity contribution in [1.29, 1.82) is 0 Å². The molecule has 0 unspecified atom stereocenters. The second kappa shape index (κ2) is 7.95. The van der Waals surface area contributed by atoms with Gasteiger partial charge in [0, 0.05) is 24.7 Å². The van der Waals surface area contributed by atoms with Crippen LogP contribution in [-0.2, 0) is 0 Å². The molecule has 114 valence electrons. The molecule has 1 amide bonds. The maximum absolute atomic E-state index is 12.3. The molecule has 6 heteroatoms. The molecule has 0 aromatic heterocycles. The van der Waals surface area contributed by atoms with Crippen LogP contribution in [0.25, 0.3) is 0 Å². The van der Waals surface area contributed by atoms with Crippen LogP contribution in [0.15, 0.2) is 18.2 Å². The number of aldehydes is 1. The van der Waals surface area contributed by atoms with Crippen LogP contribution >= 0.6 is 0 Å². The van der Waals surface area contributed by atoms with Gasteiger partial charge < -0.3 is 14.9 Å². The van der Waals surface area contributed by atoms with E-state index in [1.807, 2.05) is 0 Å². The number of carbonyl (C=O) groups excluding carboxylic acids is 2. The molecule has 0 bridgehead atoms. The lowest BCUT2D eigenvalue weighted by molar-refractivity contribution is 0.0791. The Labute approximate surface area is 125 Å². The lowest BCUT2D eigenvalue weighted by Crippen LogP contribution is -2.34. The normalized spacial score (nSPS) is 10.6. The molecule has 5 nitrogen and oxygen atoms in total. The van der Waals surface area contributed by atoms with Crippen molar-refractivity contribution >= 4 is 24.8 Å². The van der Waals surface area contributed by atoms with Crippen LogP contribution < -0.4 is 5.46 Å². The third kappa shape index (κ3) is 4.99. The molecule has 2 N–H and O–H groups in total. The second-order valence-electron chi connectivity index (χ2n) is 5.60. The Morgan fingerprint density at radius 3 is 2.57 bits per heavy atom. The summed E-state index contributed by atoms with van der Waals surface area (Å²) >= 11 is 0. The van der Waals surface area contributed by atoms with Gasteiger partial charge in [-0.05, 0) is 36.4 Å². The van der Waals surface area contributed by atoms with E-state index in [0.29, 0.717) is 24.3 Å². The fraction of sp³-hybridized carbons (Fsp3) is 0.467. The lowest BCUT2D eigenvalue weighted by atomic mass is 9.77. The molecule has 0 spiro atoms. The Balaban J connectivity index is 2.80. The van der Waals surface area contributed by atoms with Crippen LogP contribution in [0.3, 0.4) is 0 Å². The maximum atomic E-state index is 12.3. The minimum Gasteiger partial charge on any atom is -0.423 e. The summed E-state index contributed by atoms with van der Waals surface area (Å²) in [5.41, 5.74) is 0.587. The molecule has 0 atom stereocenters. The Bertz CT molecular complexity index is 502. The second-order valence-corrected chi connectivity index (χ2v) is 5.60. The van der Waals surface area contributed by atoms with Gasteiger partial charge in [-0.15, -0.1) is 0 Å². The van der Waals surface area contributed by atoms with Crippen molar-refractivity contribution in [1.82, 2.24) is 4.90 Å². The molecular formula is C15H22BNO4. The third-order valence-electron chi connectivity index (χ3n) is 3.36. The molecule has 0 fully saturated rings. The van der Waals surface area contributed by atoms with Crippen molar-refractivity contribution in [3.63, 3.8) is 0 Å². The number of hydrogen-bond donors (Lipinski definition) is 2. The standard InChI is InChI=1S/C15H22BNO4/c1-11(2)5-4-8-17(3)15(19)12-6-7-14(16(20)21)13(9-12)10-18/h6-7,9-11,20-21H,4-5,8H2,1-3H3. The number of amides is 1.